The Bertz CT molecular complexity index is 319. The summed E-state index contributed by atoms with van der Waals surface area (Å²) in [4.78, 5) is 2.28. The summed E-state index contributed by atoms with van der Waals surface area (Å²) >= 11 is 0. The lowest BCUT2D eigenvalue weighted by Crippen LogP contribution is -2.36. The van der Waals surface area contributed by atoms with Crippen molar-refractivity contribution >= 4 is 11.4 Å². The van der Waals surface area contributed by atoms with Gasteiger partial charge >= 0.3 is 0 Å². The molecule has 1 heterocycles. The number of nitrogen functional groups attached to an aromatic ring is 1. The maximum absolute atomic E-state index is 5.94. The fourth-order valence-electron chi connectivity index (χ4n) is 1.73. The zero-order valence-electron chi connectivity index (χ0n) is 8.49. The average Bonchev–Trinajstić information content (AvgIpc) is 2.23. The van der Waals surface area contributed by atoms with Crippen LogP contribution < -0.4 is 10.6 Å². The van der Waals surface area contributed by atoms with Crippen molar-refractivity contribution in [3.8, 4) is 0 Å². The fourth-order valence-corrected chi connectivity index (χ4v) is 1.73. The third kappa shape index (κ3) is 1.82. The van der Waals surface area contributed by atoms with E-state index in [0.717, 1.165) is 37.7 Å². The number of anilines is 2. The summed E-state index contributed by atoms with van der Waals surface area (Å²) in [6.07, 6.45) is 0. The number of hydrogen-bond acceptors (Lipinski definition) is 3. The number of rotatable bonds is 1. The highest BCUT2D eigenvalue weighted by molar-refractivity contribution is 5.68. The van der Waals surface area contributed by atoms with Crippen LogP contribution in [-0.2, 0) is 4.74 Å². The van der Waals surface area contributed by atoms with Gasteiger partial charge in [-0.05, 0) is 24.6 Å². The van der Waals surface area contributed by atoms with Gasteiger partial charge in [0.25, 0.3) is 0 Å². The second-order valence-electron chi connectivity index (χ2n) is 3.66. The molecule has 1 aromatic rings. The molecule has 1 saturated heterocycles. The van der Waals surface area contributed by atoms with Crippen LogP contribution >= 0.6 is 0 Å². The molecule has 0 aliphatic carbocycles. The van der Waals surface area contributed by atoms with Gasteiger partial charge in [-0.15, -0.1) is 0 Å². The molecule has 0 atom stereocenters. The normalized spacial score (nSPS) is 17.1. The predicted octanol–water partition coefficient (Wildman–Crippen LogP) is 1.41. The largest absolute Gasteiger partial charge is 0.397 e. The van der Waals surface area contributed by atoms with Crippen LogP contribution in [0.1, 0.15) is 5.56 Å². The van der Waals surface area contributed by atoms with Crippen molar-refractivity contribution in [3.05, 3.63) is 23.8 Å². The SMILES string of the molecule is Cc1ccc(N)c(N2CCOCC2)c1. The molecule has 1 fully saturated rings. The van der Waals surface area contributed by atoms with E-state index in [1.807, 2.05) is 12.1 Å². The highest BCUT2D eigenvalue weighted by Crippen LogP contribution is 2.24. The van der Waals surface area contributed by atoms with Gasteiger partial charge in [0.05, 0.1) is 24.6 Å². The Morgan fingerprint density at radius 2 is 2.00 bits per heavy atom. The van der Waals surface area contributed by atoms with Gasteiger partial charge in [-0.2, -0.15) is 0 Å². The highest BCUT2D eigenvalue weighted by Gasteiger charge is 2.13. The standard InChI is InChI=1S/C11H16N2O/c1-9-2-3-10(12)11(8-9)13-4-6-14-7-5-13/h2-3,8H,4-7,12H2,1H3. The molecule has 0 unspecified atom stereocenters. The van der Waals surface area contributed by atoms with E-state index in [9.17, 15) is 0 Å². The summed E-state index contributed by atoms with van der Waals surface area (Å²) in [6.45, 7) is 5.56. The maximum Gasteiger partial charge on any atom is 0.0642 e. The van der Waals surface area contributed by atoms with Gasteiger partial charge in [-0.3, -0.25) is 0 Å². The Hall–Kier alpha value is -1.22. The van der Waals surface area contributed by atoms with E-state index in [4.69, 9.17) is 10.5 Å². The van der Waals surface area contributed by atoms with E-state index in [-0.39, 0.29) is 0 Å². The minimum Gasteiger partial charge on any atom is -0.397 e. The number of nitrogens with zero attached hydrogens (tertiary/aromatic N) is 1. The Balaban J connectivity index is 2.24. The van der Waals surface area contributed by atoms with Crippen LogP contribution in [0.5, 0.6) is 0 Å². The summed E-state index contributed by atoms with van der Waals surface area (Å²) in [7, 11) is 0. The average molecular weight is 192 g/mol. The fraction of sp³-hybridized carbons (Fsp3) is 0.455. The number of ether oxygens (including phenoxy) is 1. The van der Waals surface area contributed by atoms with Crippen molar-refractivity contribution in [2.75, 3.05) is 36.9 Å². The molecule has 0 radical (unpaired) electrons. The molecule has 0 aromatic heterocycles. The second-order valence-corrected chi connectivity index (χ2v) is 3.66. The molecular weight excluding hydrogens is 176 g/mol. The molecule has 2 rings (SSSR count). The first kappa shape index (κ1) is 9.34. The predicted molar refractivity (Wildman–Crippen MR) is 58.6 cm³/mol. The lowest BCUT2D eigenvalue weighted by atomic mass is 10.1. The molecule has 0 spiro atoms. The van der Waals surface area contributed by atoms with Gasteiger partial charge in [-0.1, -0.05) is 6.07 Å². The lowest BCUT2D eigenvalue weighted by molar-refractivity contribution is 0.123. The smallest absolute Gasteiger partial charge is 0.0642 e. The van der Waals surface area contributed by atoms with Crippen molar-refractivity contribution in [1.29, 1.82) is 0 Å². The second kappa shape index (κ2) is 3.88. The molecule has 3 nitrogen and oxygen atoms in total. The quantitative estimate of drug-likeness (QED) is 0.684. The van der Waals surface area contributed by atoms with Crippen LogP contribution in [0.3, 0.4) is 0 Å². The Labute approximate surface area is 84.5 Å². The number of morpholine rings is 1. The zero-order valence-corrected chi connectivity index (χ0v) is 8.49. The summed E-state index contributed by atoms with van der Waals surface area (Å²) in [5.74, 6) is 0. The Morgan fingerprint density at radius 1 is 1.29 bits per heavy atom. The first-order valence-corrected chi connectivity index (χ1v) is 4.96. The van der Waals surface area contributed by atoms with Crippen LogP contribution in [0, 0.1) is 6.92 Å². The number of benzene rings is 1. The number of hydrogen-bond donors (Lipinski definition) is 1. The summed E-state index contributed by atoms with van der Waals surface area (Å²) in [5, 5.41) is 0. The van der Waals surface area contributed by atoms with Crippen molar-refractivity contribution in [3.63, 3.8) is 0 Å². The summed E-state index contributed by atoms with van der Waals surface area (Å²) in [5.41, 5.74) is 9.19. The topological polar surface area (TPSA) is 38.5 Å². The van der Waals surface area contributed by atoms with E-state index < -0.39 is 0 Å². The molecule has 3 heteroatoms. The van der Waals surface area contributed by atoms with Crippen molar-refractivity contribution in [1.82, 2.24) is 0 Å². The molecule has 0 amide bonds. The monoisotopic (exact) mass is 192 g/mol. The number of aryl methyl sites for hydroxylation is 1. The van der Waals surface area contributed by atoms with Crippen LogP contribution in [0.25, 0.3) is 0 Å². The molecule has 0 saturated carbocycles. The molecular formula is C11H16N2O. The third-order valence-electron chi connectivity index (χ3n) is 2.54. The molecule has 0 bridgehead atoms. The Kier molecular flexibility index (Phi) is 2.59. The molecule has 1 aliphatic heterocycles. The van der Waals surface area contributed by atoms with E-state index in [0.29, 0.717) is 0 Å². The van der Waals surface area contributed by atoms with Gasteiger partial charge in [-0.25, -0.2) is 0 Å². The minimum atomic E-state index is 0.799. The first-order chi connectivity index (χ1) is 6.77. The summed E-state index contributed by atoms with van der Waals surface area (Å²) < 4.78 is 5.31. The van der Waals surface area contributed by atoms with Gasteiger partial charge < -0.3 is 15.4 Å². The van der Waals surface area contributed by atoms with Gasteiger partial charge in [0.1, 0.15) is 0 Å². The lowest BCUT2D eigenvalue weighted by Gasteiger charge is -2.30. The van der Waals surface area contributed by atoms with Crippen molar-refractivity contribution in [2.45, 2.75) is 6.92 Å². The van der Waals surface area contributed by atoms with Crippen LogP contribution in [0.4, 0.5) is 11.4 Å². The van der Waals surface area contributed by atoms with Crippen molar-refractivity contribution in [2.24, 2.45) is 0 Å². The van der Waals surface area contributed by atoms with Crippen LogP contribution in [-0.4, -0.2) is 26.3 Å². The third-order valence-corrected chi connectivity index (χ3v) is 2.54. The van der Waals surface area contributed by atoms with Gasteiger partial charge in [0, 0.05) is 13.1 Å². The number of nitrogens with two attached hydrogens (primary N) is 1. The Morgan fingerprint density at radius 3 is 2.71 bits per heavy atom. The minimum absolute atomic E-state index is 0.799. The van der Waals surface area contributed by atoms with E-state index in [1.165, 1.54) is 5.56 Å². The van der Waals surface area contributed by atoms with Gasteiger partial charge in [0.2, 0.25) is 0 Å². The molecule has 14 heavy (non-hydrogen) atoms. The van der Waals surface area contributed by atoms with Gasteiger partial charge in [0.15, 0.2) is 0 Å². The first-order valence-electron chi connectivity index (χ1n) is 4.96. The van der Waals surface area contributed by atoms with Crippen LogP contribution in [0.2, 0.25) is 0 Å². The molecule has 76 valence electrons. The molecule has 2 N–H and O–H groups in total. The van der Waals surface area contributed by atoms with E-state index in [2.05, 4.69) is 17.9 Å². The van der Waals surface area contributed by atoms with Crippen LogP contribution in [0.15, 0.2) is 18.2 Å². The summed E-state index contributed by atoms with van der Waals surface area (Å²) in [6, 6.07) is 6.15. The maximum atomic E-state index is 5.94. The van der Waals surface area contributed by atoms with E-state index >= 15 is 0 Å². The molecule has 1 aromatic carbocycles. The highest BCUT2D eigenvalue weighted by atomic mass is 16.5. The van der Waals surface area contributed by atoms with E-state index in [1.54, 1.807) is 0 Å². The molecule has 1 aliphatic rings. The zero-order chi connectivity index (χ0) is 9.97. The van der Waals surface area contributed by atoms with Crippen molar-refractivity contribution < 1.29 is 4.74 Å².